The molecule has 1 saturated heterocycles. The summed E-state index contributed by atoms with van der Waals surface area (Å²) in [5, 5.41) is 15.6. The van der Waals surface area contributed by atoms with Gasteiger partial charge in [-0.05, 0) is 30.7 Å². The Balaban J connectivity index is 1.73. The number of carbonyl (C=O) groups is 2. The van der Waals surface area contributed by atoms with Gasteiger partial charge in [-0.15, -0.1) is 11.3 Å². The number of phenolic OH excluding ortho intramolecular Hbond substituents is 1. The standard InChI is InChI=1S/C18H20N4O3S/c1-2-16(24)20-13-4-5-15(23)14(12-13)17(25)21-7-3-8-22(10-9-21)18-19-6-11-26-18/h2,4-6,11-12,23H,1,3,7-10H2,(H,20,24). The van der Waals surface area contributed by atoms with Crippen molar-refractivity contribution in [2.24, 2.45) is 0 Å². The molecule has 0 unspecified atom stereocenters. The molecule has 2 aromatic rings. The van der Waals surface area contributed by atoms with Crippen LogP contribution in [0.4, 0.5) is 10.8 Å². The average Bonchev–Trinajstić information content (AvgIpc) is 3.07. The highest BCUT2D eigenvalue weighted by Crippen LogP contribution is 2.25. The number of amides is 2. The molecule has 2 N–H and O–H groups in total. The first-order chi connectivity index (χ1) is 12.6. The van der Waals surface area contributed by atoms with Crippen LogP contribution in [0.1, 0.15) is 16.8 Å². The van der Waals surface area contributed by atoms with Crippen LogP contribution in [0.5, 0.6) is 5.75 Å². The lowest BCUT2D eigenvalue weighted by molar-refractivity contribution is -0.111. The fraction of sp³-hybridized carbons (Fsp3) is 0.278. The summed E-state index contributed by atoms with van der Waals surface area (Å²) in [5.74, 6) is -0.728. The Bertz CT molecular complexity index is 807. The fourth-order valence-electron chi connectivity index (χ4n) is 2.83. The number of thiazole rings is 1. The normalized spacial score (nSPS) is 14.6. The first kappa shape index (κ1) is 17.9. The predicted molar refractivity (Wildman–Crippen MR) is 102 cm³/mol. The van der Waals surface area contributed by atoms with E-state index in [1.807, 2.05) is 5.38 Å². The van der Waals surface area contributed by atoms with E-state index in [0.717, 1.165) is 24.2 Å². The number of rotatable bonds is 4. The summed E-state index contributed by atoms with van der Waals surface area (Å²) in [6.07, 6.45) is 3.74. The maximum atomic E-state index is 12.9. The Morgan fingerprint density at radius 1 is 1.27 bits per heavy atom. The van der Waals surface area contributed by atoms with Crippen LogP contribution >= 0.6 is 11.3 Å². The highest BCUT2D eigenvalue weighted by atomic mass is 32.1. The number of hydrogen-bond acceptors (Lipinski definition) is 6. The SMILES string of the molecule is C=CC(=O)Nc1ccc(O)c(C(=O)N2CCCN(c3nccs3)CC2)c1. The topological polar surface area (TPSA) is 85.8 Å². The van der Waals surface area contributed by atoms with Crippen molar-refractivity contribution in [3.63, 3.8) is 0 Å². The molecule has 0 radical (unpaired) electrons. The van der Waals surface area contributed by atoms with Crippen molar-refractivity contribution in [1.82, 2.24) is 9.88 Å². The van der Waals surface area contributed by atoms with Crippen molar-refractivity contribution in [3.05, 3.63) is 48.0 Å². The summed E-state index contributed by atoms with van der Waals surface area (Å²) >= 11 is 1.58. The fourth-order valence-corrected chi connectivity index (χ4v) is 3.53. The molecule has 1 aliphatic rings. The zero-order valence-corrected chi connectivity index (χ0v) is 15.0. The quantitative estimate of drug-likeness (QED) is 0.635. The largest absolute Gasteiger partial charge is 0.507 e. The minimum absolute atomic E-state index is 0.104. The number of aromatic nitrogens is 1. The van der Waals surface area contributed by atoms with Gasteiger partial charge in [0.2, 0.25) is 5.91 Å². The highest BCUT2D eigenvalue weighted by Gasteiger charge is 2.23. The molecule has 0 atom stereocenters. The number of nitrogens with zero attached hydrogens (tertiary/aromatic N) is 3. The van der Waals surface area contributed by atoms with Gasteiger partial charge in [0.25, 0.3) is 5.91 Å². The molecule has 1 fully saturated rings. The van der Waals surface area contributed by atoms with E-state index in [4.69, 9.17) is 0 Å². The Morgan fingerprint density at radius 3 is 2.85 bits per heavy atom. The smallest absolute Gasteiger partial charge is 0.257 e. The maximum Gasteiger partial charge on any atom is 0.257 e. The molecular formula is C18H20N4O3S. The molecule has 1 aliphatic heterocycles. The van der Waals surface area contributed by atoms with E-state index in [9.17, 15) is 14.7 Å². The molecule has 26 heavy (non-hydrogen) atoms. The molecule has 2 heterocycles. The van der Waals surface area contributed by atoms with E-state index in [1.54, 1.807) is 28.5 Å². The van der Waals surface area contributed by atoms with Crippen LogP contribution in [0.3, 0.4) is 0 Å². The van der Waals surface area contributed by atoms with Gasteiger partial charge < -0.3 is 20.2 Å². The third kappa shape index (κ3) is 4.02. The van der Waals surface area contributed by atoms with E-state index >= 15 is 0 Å². The van der Waals surface area contributed by atoms with Gasteiger partial charge in [0, 0.05) is 43.4 Å². The van der Waals surface area contributed by atoms with Crippen LogP contribution in [-0.4, -0.2) is 53.0 Å². The number of nitrogens with one attached hydrogen (secondary N) is 1. The second-order valence-electron chi connectivity index (χ2n) is 5.87. The summed E-state index contributed by atoms with van der Waals surface area (Å²) in [7, 11) is 0. The van der Waals surface area contributed by atoms with Crippen LogP contribution in [-0.2, 0) is 4.79 Å². The van der Waals surface area contributed by atoms with Crippen LogP contribution in [0.15, 0.2) is 42.4 Å². The predicted octanol–water partition coefficient (Wildman–Crippen LogP) is 2.33. The first-order valence-corrected chi connectivity index (χ1v) is 9.16. The Labute approximate surface area is 155 Å². The van der Waals surface area contributed by atoms with Gasteiger partial charge in [-0.3, -0.25) is 9.59 Å². The molecule has 8 heteroatoms. The molecule has 136 valence electrons. The molecule has 1 aromatic carbocycles. The van der Waals surface area contributed by atoms with Crippen LogP contribution in [0.2, 0.25) is 0 Å². The molecule has 0 bridgehead atoms. The molecule has 7 nitrogen and oxygen atoms in total. The average molecular weight is 372 g/mol. The highest BCUT2D eigenvalue weighted by molar-refractivity contribution is 7.13. The van der Waals surface area contributed by atoms with Crippen LogP contribution in [0.25, 0.3) is 0 Å². The molecule has 3 rings (SSSR count). The van der Waals surface area contributed by atoms with Crippen molar-refractivity contribution in [2.75, 3.05) is 36.4 Å². The second kappa shape index (κ2) is 8.01. The zero-order chi connectivity index (χ0) is 18.5. The molecule has 1 aromatic heterocycles. The summed E-state index contributed by atoms with van der Waals surface area (Å²) in [5.41, 5.74) is 0.616. The van der Waals surface area contributed by atoms with Crippen molar-refractivity contribution in [1.29, 1.82) is 0 Å². The van der Waals surface area contributed by atoms with E-state index in [-0.39, 0.29) is 23.1 Å². The first-order valence-electron chi connectivity index (χ1n) is 8.28. The van der Waals surface area contributed by atoms with Crippen molar-refractivity contribution in [3.8, 4) is 5.75 Å². The Hall–Kier alpha value is -2.87. The van der Waals surface area contributed by atoms with Gasteiger partial charge >= 0.3 is 0 Å². The summed E-state index contributed by atoms with van der Waals surface area (Å²) in [6, 6.07) is 4.44. The van der Waals surface area contributed by atoms with Gasteiger partial charge in [0.1, 0.15) is 5.75 Å². The Morgan fingerprint density at radius 2 is 2.12 bits per heavy atom. The maximum absolute atomic E-state index is 12.9. The lowest BCUT2D eigenvalue weighted by Crippen LogP contribution is -2.35. The van der Waals surface area contributed by atoms with Crippen LogP contribution < -0.4 is 10.2 Å². The minimum atomic E-state index is -0.372. The van der Waals surface area contributed by atoms with Gasteiger partial charge in [-0.2, -0.15) is 0 Å². The van der Waals surface area contributed by atoms with E-state index < -0.39 is 0 Å². The molecule has 0 saturated carbocycles. The second-order valence-corrected chi connectivity index (χ2v) is 6.75. The van der Waals surface area contributed by atoms with E-state index in [0.29, 0.717) is 25.3 Å². The Kier molecular flexibility index (Phi) is 5.52. The molecular weight excluding hydrogens is 352 g/mol. The van der Waals surface area contributed by atoms with Gasteiger partial charge in [0.15, 0.2) is 5.13 Å². The summed E-state index contributed by atoms with van der Waals surface area (Å²) < 4.78 is 0. The summed E-state index contributed by atoms with van der Waals surface area (Å²) in [4.78, 5) is 32.5. The van der Waals surface area contributed by atoms with E-state index in [1.165, 1.54) is 12.1 Å². The number of carbonyl (C=O) groups excluding carboxylic acids is 2. The van der Waals surface area contributed by atoms with Crippen LogP contribution in [0, 0.1) is 0 Å². The van der Waals surface area contributed by atoms with Gasteiger partial charge in [-0.1, -0.05) is 6.58 Å². The number of hydrogen-bond donors (Lipinski definition) is 2. The number of benzene rings is 1. The monoisotopic (exact) mass is 372 g/mol. The van der Waals surface area contributed by atoms with E-state index in [2.05, 4.69) is 21.8 Å². The zero-order valence-electron chi connectivity index (χ0n) is 14.2. The molecule has 2 amide bonds. The number of anilines is 2. The van der Waals surface area contributed by atoms with Crippen molar-refractivity contribution in [2.45, 2.75) is 6.42 Å². The molecule has 0 aliphatic carbocycles. The van der Waals surface area contributed by atoms with Crippen molar-refractivity contribution < 1.29 is 14.7 Å². The number of aromatic hydroxyl groups is 1. The third-order valence-electron chi connectivity index (χ3n) is 4.15. The van der Waals surface area contributed by atoms with Gasteiger partial charge in [0.05, 0.1) is 5.56 Å². The van der Waals surface area contributed by atoms with Crippen molar-refractivity contribution >= 4 is 34.0 Å². The van der Waals surface area contributed by atoms with Gasteiger partial charge in [-0.25, -0.2) is 4.98 Å². The lowest BCUT2D eigenvalue weighted by Gasteiger charge is -2.22. The molecule has 0 spiro atoms. The third-order valence-corrected chi connectivity index (χ3v) is 4.99. The lowest BCUT2D eigenvalue weighted by atomic mass is 10.1. The minimum Gasteiger partial charge on any atom is -0.507 e. The summed E-state index contributed by atoms with van der Waals surface area (Å²) in [6.45, 7) is 6.06. The number of phenols is 1.